The van der Waals surface area contributed by atoms with Gasteiger partial charge in [-0.05, 0) is 0 Å². The van der Waals surface area contributed by atoms with E-state index in [1.165, 1.54) is 12.3 Å². The molecule has 2 N–H and O–H groups in total. The monoisotopic (exact) mass is 100 g/mol. The van der Waals surface area contributed by atoms with E-state index in [2.05, 4.69) is 5.10 Å². The molecule has 0 radical (unpaired) electrons. The van der Waals surface area contributed by atoms with E-state index < -0.39 is 5.56 Å². The molecule has 0 aliphatic heterocycles. The molecule has 0 aliphatic carbocycles. The molecule has 4 nitrogen and oxygen atoms in total. The molecule has 0 saturated carbocycles. The Hall–Kier alpha value is -1.19. The van der Waals surface area contributed by atoms with Gasteiger partial charge in [0, 0.05) is 12.3 Å². The highest BCUT2D eigenvalue weighted by Gasteiger charge is 1.83. The molecule has 0 amide bonds. The smallest absolute Gasteiger partial charge is 0.302 e. The molecule has 0 bridgehead atoms. The fraction of sp³-hybridized carbons (Fsp3) is 0. The average Bonchev–Trinajstić information content (AvgIpc) is 1.91. The van der Waals surface area contributed by atoms with Crippen LogP contribution in [0.2, 0.25) is 0 Å². The van der Waals surface area contributed by atoms with Crippen LogP contribution in [0.3, 0.4) is 0 Å². The van der Waals surface area contributed by atoms with Gasteiger partial charge in [-0.2, -0.15) is 0 Å². The van der Waals surface area contributed by atoms with E-state index in [1.54, 1.807) is 0 Å². The molecule has 0 unspecified atom stereocenters. The number of aromatic nitrogens is 2. The number of nitrogens with one attached hydrogen (secondary N) is 1. The molecule has 0 aromatic carbocycles. The Balaban J connectivity index is 3.39. The van der Waals surface area contributed by atoms with Crippen LogP contribution in [0.4, 0.5) is 0 Å². The van der Waals surface area contributed by atoms with E-state index in [0.29, 0.717) is 4.85 Å². The summed E-state index contributed by atoms with van der Waals surface area (Å²) in [6, 6.07) is 1.22. The lowest BCUT2D eigenvalue weighted by Gasteiger charge is -1.78. The van der Waals surface area contributed by atoms with Crippen molar-refractivity contribution in [2.75, 3.05) is 0 Å². The Morgan fingerprint density at radius 1 is 1.86 bits per heavy atom. The molecule has 1 rings (SSSR count). The summed E-state index contributed by atoms with van der Waals surface area (Å²) < 4.78 is 0. The molecule has 1 aromatic heterocycles. The number of hydrogen-bond acceptors (Lipinski definition) is 2. The summed E-state index contributed by atoms with van der Waals surface area (Å²) in [4.78, 5) is 10.5. The van der Waals surface area contributed by atoms with Crippen molar-refractivity contribution >= 4 is 0 Å². The topological polar surface area (TPSA) is 58.0 Å². The van der Waals surface area contributed by atoms with Crippen molar-refractivity contribution in [1.82, 2.24) is 9.94 Å². The van der Waals surface area contributed by atoms with Crippen LogP contribution in [-0.2, 0) is 0 Å². The summed E-state index contributed by atoms with van der Waals surface area (Å²) in [5.41, 5.74) is -0.444. The van der Waals surface area contributed by atoms with Crippen molar-refractivity contribution in [3.63, 3.8) is 0 Å². The number of nitrogens with zero attached hydrogens (tertiary/aromatic N) is 1. The first-order valence-corrected chi connectivity index (χ1v) is 1.76. The number of hydrogen-bond donors (Lipinski definition) is 2. The van der Waals surface area contributed by atoms with Gasteiger partial charge in [0.2, 0.25) is 0 Å². The second kappa shape index (κ2) is 1.14. The van der Waals surface area contributed by atoms with Crippen LogP contribution < -0.4 is 5.56 Å². The molecule has 4 heteroatoms. The SMILES string of the molecule is O=c1cc[nH]n1O. The van der Waals surface area contributed by atoms with Crippen LogP contribution in [0.5, 0.6) is 0 Å². The number of H-pyrrole nitrogens is 1. The van der Waals surface area contributed by atoms with Gasteiger partial charge in [-0.3, -0.25) is 9.89 Å². The van der Waals surface area contributed by atoms with Crippen LogP contribution >= 0.6 is 0 Å². The van der Waals surface area contributed by atoms with Crippen molar-refractivity contribution in [3.8, 4) is 0 Å². The summed E-state index contributed by atoms with van der Waals surface area (Å²) in [5, 5.41) is 10.5. The lowest BCUT2D eigenvalue weighted by atomic mass is 10.7. The zero-order chi connectivity index (χ0) is 5.28. The van der Waals surface area contributed by atoms with Crippen LogP contribution in [0.15, 0.2) is 17.1 Å². The molecule has 0 atom stereocenters. The van der Waals surface area contributed by atoms with Gasteiger partial charge in [0.15, 0.2) is 0 Å². The highest BCUT2D eigenvalue weighted by Crippen LogP contribution is 1.61. The van der Waals surface area contributed by atoms with Gasteiger partial charge in [-0.15, -0.1) is 0 Å². The molecule has 7 heavy (non-hydrogen) atoms. The fourth-order valence-corrected chi connectivity index (χ4v) is 0.313. The first-order chi connectivity index (χ1) is 3.30. The fourth-order valence-electron chi connectivity index (χ4n) is 0.313. The van der Waals surface area contributed by atoms with Crippen molar-refractivity contribution < 1.29 is 5.21 Å². The Bertz CT molecular complexity index is 199. The largest absolute Gasteiger partial charge is 0.410 e. The van der Waals surface area contributed by atoms with Crippen molar-refractivity contribution in [1.29, 1.82) is 0 Å². The van der Waals surface area contributed by atoms with E-state index >= 15 is 0 Å². The van der Waals surface area contributed by atoms with Crippen LogP contribution in [0.1, 0.15) is 0 Å². The van der Waals surface area contributed by atoms with E-state index in [-0.39, 0.29) is 0 Å². The maximum Gasteiger partial charge on any atom is 0.302 e. The highest BCUT2D eigenvalue weighted by atomic mass is 16.5. The lowest BCUT2D eigenvalue weighted by Crippen LogP contribution is -2.11. The average molecular weight is 100 g/mol. The zero-order valence-corrected chi connectivity index (χ0v) is 3.46. The van der Waals surface area contributed by atoms with E-state index in [0.717, 1.165) is 0 Å². The van der Waals surface area contributed by atoms with Crippen LogP contribution in [0, 0.1) is 0 Å². The van der Waals surface area contributed by atoms with Gasteiger partial charge < -0.3 is 5.21 Å². The van der Waals surface area contributed by atoms with Crippen molar-refractivity contribution in [3.05, 3.63) is 22.6 Å². The van der Waals surface area contributed by atoms with Gasteiger partial charge in [0.25, 0.3) is 0 Å². The predicted octanol–water partition coefficient (Wildman–Crippen LogP) is -0.586. The molecule has 0 fully saturated rings. The van der Waals surface area contributed by atoms with Crippen LogP contribution in [0.25, 0.3) is 0 Å². The van der Waals surface area contributed by atoms with Crippen molar-refractivity contribution in [2.45, 2.75) is 0 Å². The Morgan fingerprint density at radius 3 is 2.71 bits per heavy atom. The minimum atomic E-state index is -0.444. The van der Waals surface area contributed by atoms with Gasteiger partial charge in [-0.25, -0.2) is 0 Å². The number of aromatic amines is 1. The van der Waals surface area contributed by atoms with E-state index in [9.17, 15) is 4.79 Å². The maximum absolute atomic E-state index is 10.1. The quantitative estimate of drug-likeness (QED) is 0.428. The third-order valence-electron chi connectivity index (χ3n) is 0.631. The molecule has 38 valence electrons. The van der Waals surface area contributed by atoms with Gasteiger partial charge in [0.1, 0.15) is 0 Å². The molecule has 1 aromatic rings. The normalized spacial score (nSPS) is 9.14. The molecule has 0 aliphatic rings. The third kappa shape index (κ3) is 0.489. The van der Waals surface area contributed by atoms with Crippen LogP contribution in [-0.4, -0.2) is 15.2 Å². The van der Waals surface area contributed by atoms with Crippen molar-refractivity contribution in [2.24, 2.45) is 0 Å². The van der Waals surface area contributed by atoms with Gasteiger partial charge in [0.05, 0.1) is 0 Å². The predicted molar refractivity (Wildman–Crippen MR) is 22.2 cm³/mol. The van der Waals surface area contributed by atoms with E-state index in [1.807, 2.05) is 0 Å². The highest BCUT2D eigenvalue weighted by molar-refractivity contribution is 4.76. The molecular formula is C3H4N2O2. The maximum atomic E-state index is 10.1. The Labute approximate surface area is 38.9 Å². The second-order valence-electron chi connectivity index (χ2n) is 1.11. The van der Waals surface area contributed by atoms with Gasteiger partial charge >= 0.3 is 5.56 Å². The lowest BCUT2D eigenvalue weighted by molar-refractivity contribution is 0.140. The Morgan fingerprint density at radius 2 is 2.57 bits per heavy atom. The molecule has 0 saturated heterocycles. The zero-order valence-electron chi connectivity index (χ0n) is 3.46. The standard InChI is InChI=1S/C3H4N2O2/c6-3-1-2-4-5(3)7/h1-2,4,7H. The summed E-state index contributed by atoms with van der Waals surface area (Å²) in [6.07, 6.45) is 1.35. The summed E-state index contributed by atoms with van der Waals surface area (Å²) >= 11 is 0. The molecule has 1 heterocycles. The molecule has 0 spiro atoms. The number of rotatable bonds is 0. The van der Waals surface area contributed by atoms with Gasteiger partial charge in [-0.1, -0.05) is 4.85 Å². The second-order valence-corrected chi connectivity index (χ2v) is 1.11. The minimum absolute atomic E-state index is 0.403. The molecular weight excluding hydrogens is 96.0 g/mol. The third-order valence-corrected chi connectivity index (χ3v) is 0.631. The first-order valence-electron chi connectivity index (χ1n) is 1.76. The summed E-state index contributed by atoms with van der Waals surface area (Å²) in [5.74, 6) is 0. The van der Waals surface area contributed by atoms with E-state index in [4.69, 9.17) is 5.21 Å². The minimum Gasteiger partial charge on any atom is -0.410 e. The summed E-state index contributed by atoms with van der Waals surface area (Å²) in [7, 11) is 0. The Kier molecular flexibility index (Phi) is 0.651. The summed E-state index contributed by atoms with van der Waals surface area (Å²) in [6.45, 7) is 0. The first kappa shape index (κ1) is 3.98.